The third kappa shape index (κ3) is 9.23. The first-order valence-corrected chi connectivity index (χ1v) is 22.6. The van der Waals surface area contributed by atoms with Crippen molar-refractivity contribution >= 4 is 23.4 Å². The number of halogens is 1. The Kier molecular flexibility index (Phi) is 12.8. The smallest absolute Gasteiger partial charge is 0.258 e. The number of anilines is 1. The van der Waals surface area contributed by atoms with Crippen LogP contribution in [-0.4, -0.2) is 89.0 Å². The van der Waals surface area contributed by atoms with E-state index in [1.54, 1.807) is 18.2 Å². The lowest BCUT2D eigenvalue weighted by atomic mass is 9.87. The highest BCUT2D eigenvalue weighted by Gasteiger charge is 2.34. The van der Waals surface area contributed by atoms with E-state index < -0.39 is 11.7 Å². The topological polar surface area (TPSA) is 120 Å². The highest BCUT2D eigenvalue weighted by molar-refractivity contribution is 6.13. The Morgan fingerprint density at radius 2 is 1.61 bits per heavy atom. The first-order chi connectivity index (χ1) is 32.0. The van der Waals surface area contributed by atoms with Crippen LogP contribution >= 0.6 is 0 Å². The molecule has 1 saturated heterocycles. The van der Waals surface area contributed by atoms with Crippen LogP contribution in [0.15, 0.2) is 109 Å². The SMILES string of the molecule is Cc1c(C(=O)Nc2ccccc2)c(-c2cc(F)cc(C#N)c2)c(-c2cc3c(cc2C(=O)N2Cc4ccccc4C[C@H]2C)CN(C(=O)Cc2ccc(OCCN4CCOCC4)cc2)CC3)n1C. The van der Waals surface area contributed by atoms with Crippen molar-refractivity contribution in [3.63, 3.8) is 0 Å². The van der Waals surface area contributed by atoms with Crippen LogP contribution in [0.5, 0.6) is 5.75 Å². The summed E-state index contributed by atoms with van der Waals surface area (Å²) >= 11 is 0. The number of hydrogen-bond donors (Lipinski definition) is 1. The molecule has 336 valence electrons. The van der Waals surface area contributed by atoms with Gasteiger partial charge in [-0.2, -0.15) is 5.26 Å². The molecule has 3 amide bonds. The zero-order chi connectivity index (χ0) is 45.9. The fraction of sp³-hybridized carbons (Fsp3) is 0.296. The average Bonchev–Trinajstić information content (AvgIpc) is 3.60. The van der Waals surface area contributed by atoms with E-state index in [0.29, 0.717) is 84.0 Å². The van der Waals surface area contributed by atoms with E-state index in [-0.39, 0.29) is 29.8 Å². The average molecular weight is 885 g/mol. The number of ether oxygens (including phenoxy) is 2. The number of benzene rings is 5. The van der Waals surface area contributed by atoms with Crippen molar-refractivity contribution in [2.24, 2.45) is 7.05 Å². The molecule has 1 N–H and O–H groups in total. The van der Waals surface area contributed by atoms with Gasteiger partial charge in [-0.25, -0.2) is 4.39 Å². The van der Waals surface area contributed by atoms with Gasteiger partial charge in [0.05, 0.1) is 42.5 Å². The first kappa shape index (κ1) is 44.1. The van der Waals surface area contributed by atoms with E-state index >= 15 is 9.18 Å². The molecule has 1 aromatic heterocycles. The largest absolute Gasteiger partial charge is 0.492 e. The number of hydrogen-bond acceptors (Lipinski definition) is 7. The Bertz CT molecular complexity index is 2850. The number of nitrogens with zero attached hydrogens (tertiary/aromatic N) is 5. The molecular formula is C54H53FN6O5. The van der Waals surface area contributed by atoms with Gasteiger partial charge in [-0.1, -0.05) is 54.6 Å². The third-order valence-corrected chi connectivity index (χ3v) is 13.3. The molecule has 12 heteroatoms. The maximum absolute atomic E-state index is 15.5. The van der Waals surface area contributed by atoms with Crippen LogP contribution in [0.4, 0.5) is 10.1 Å². The van der Waals surface area contributed by atoms with Crippen molar-refractivity contribution in [3.05, 3.63) is 165 Å². The van der Waals surface area contributed by atoms with E-state index in [1.807, 2.05) is 95.1 Å². The van der Waals surface area contributed by atoms with Crippen LogP contribution in [0.25, 0.3) is 22.4 Å². The number of rotatable bonds is 11. The number of amides is 3. The molecule has 0 aliphatic carbocycles. The zero-order valence-electron chi connectivity index (χ0n) is 37.6. The summed E-state index contributed by atoms with van der Waals surface area (Å²) in [5.41, 5.74) is 8.85. The zero-order valence-corrected chi connectivity index (χ0v) is 37.6. The molecule has 1 atom stereocenters. The van der Waals surface area contributed by atoms with E-state index in [4.69, 9.17) is 9.47 Å². The molecule has 6 aromatic rings. The molecule has 4 heterocycles. The van der Waals surface area contributed by atoms with E-state index in [9.17, 15) is 14.9 Å². The molecule has 0 spiro atoms. The Labute approximate surface area is 385 Å². The molecule has 0 unspecified atom stereocenters. The number of nitriles is 1. The van der Waals surface area contributed by atoms with Crippen LogP contribution in [0, 0.1) is 24.1 Å². The second-order valence-electron chi connectivity index (χ2n) is 17.5. The van der Waals surface area contributed by atoms with Gasteiger partial charge >= 0.3 is 0 Å². The number of carbonyl (C=O) groups excluding carboxylic acids is 3. The third-order valence-electron chi connectivity index (χ3n) is 13.3. The molecule has 9 rings (SSSR count). The monoisotopic (exact) mass is 884 g/mol. The lowest BCUT2D eigenvalue weighted by Crippen LogP contribution is -2.43. The van der Waals surface area contributed by atoms with E-state index in [0.717, 1.165) is 66.9 Å². The summed E-state index contributed by atoms with van der Waals surface area (Å²) in [7, 11) is 1.84. The number of carbonyl (C=O) groups is 3. The molecule has 11 nitrogen and oxygen atoms in total. The predicted octanol–water partition coefficient (Wildman–Crippen LogP) is 8.36. The minimum Gasteiger partial charge on any atom is -0.492 e. The number of fused-ring (bicyclic) bond motifs is 2. The Morgan fingerprint density at radius 3 is 2.36 bits per heavy atom. The van der Waals surface area contributed by atoms with Gasteiger partial charge in [-0.3, -0.25) is 19.3 Å². The van der Waals surface area contributed by atoms with Crippen molar-refractivity contribution in [2.75, 3.05) is 51.3 Å². The van der Waals surface area contributed by atoms with Gasteiger partial charge in [0.1, 0.15) is 18.2 Å². The predicted molar refractivity (Wildman–Crippen MR) is 252 cm³/mol. The molecule has 1 fully saturated rings. The lowest BCUT2D eigenvalue weighted by molar-refractivity contribution is -0.131. The summed E-state index contributed by atoms with van der Waals surface area (Å²) in [6.45, 7) is 9.78. The van der Waals surface area contributed by atoms with Crippen molar-refractivity contribution in [3.8, 4) is 34.2 Å². The van der Waals surface area contributed by atoms with Gasteiger partial charge in [-0.05, 0) is 115 Å². The Balaban J connectivity index is 1.08. The van der Waals surface area contributed by atoms with E-state index in [2.05, 4.69) is 35.3 Å². The first-order valence-electron chi connectivity index (χ1n) is 22.6. The van der Waals surface area contributed by atoms with Crippen LogP contribution in [0.3, 0.4) is 0 Å². The summed E-state index contributed by atoms with van der Waals surface area (Å²) in [6.07, 6.45) is 1.44. The maximum Gasteiger partial charge on any atom is 0.258 e. The van der Waals surface area contributed by atoms with Crippen LogP contribution in [-0.2, 0) is 48.9 Å². The van der Waals surface area contributed by atoms with Gasteiger partial charge < -0.3 is 29.2 Å². The van der Waals surface area contributed by atoms with Crippen molar-refractivity contribution in [2.45, 2.75) is 52.2 Å². The normalized spacial score (nSPS) is 16.0. The fourth-order valence-corrected chi connectivity index (χ4v) is 9.60. The summed E-state index contributed by atoms with van der Waals surface area (Å²) in [4.78, 5) is 49.9. The van der Waals surface area contributed by atoms with Crippen LogP contribution in [0.1, 0.15) is 66.7 Å². The van der Waals surface area contributed by atoms with Crippen molar-refractivity contribution in [1.29, 1.82) is 5.26 Å². The second-order valence-corrected chi connectivity index (χ2v) is 17.5. The van der Waals surface area contributed by atoms with E-state index in [1.165, 1.54) is 11.6 Å². The quantitative estimate of drug-likeness (QED) is 0.139. The number of para-hydroxylation sites is 1. The van der Waals surface area contributed by atoms with Crippen LogP contribution < -0.4 is 10.1 Å². The van der Waals surface area contributed by atoms with Crippen molar-refractivity contribution < 1.29 is 28.2 Å². The molecular weight excluding hydrogens is 832 g/mol. The molecule has 0 radical (unpaired) electrons. The highest BCUT2D eigenvalue weighted by atomic mass is 19.1. The summed E-state index contributed by atoms with van der Waals surface area (Å²) < 4.78 is 28.8. The van der Waals surface area contributed by atoms with Crippen LogP contribution in [0.2, 0.25) is 0 Å². The van der Waals surface area contributed by atoms with Gasteiger partial charge in [0.2, 0.25) is 5.91 Å². The number of morpholine rings is 1. The van der Waals surface area contributed by atoms with Crippen molar-refractivity contribution in [1.82, 2.24) is 19.3 Å². The molecule has 0 bridgehead atoms. The highest BCUT2D eigenvalue weighted by Crippen LogP contribution is 2.43. The Morgan fingerprint density at radius 1 is 0.864 bits per heavy atom. The lowest BCUT2D eigenvalue weighted by Gasteiger charge is -2.36. The fourth-order valence-electron chi connectivity index (χ4n) is 9.60. The summed E-state index contributed by atoms with van der Waals surface area (Å²) in [5.74, 6) is -0.488. The van der Waals surface area contributed by atoms with Gasteiger partial charge in [0.25, 0.3) is 11.8 Å². The molecule has 3 aliphatic rings. The minimum absolute atomic E-state index is 0.0198. The second kappa shape index (κ2) is 19.2. The molecule has 5 aromatic carbocycles. The minimum atomic E-state index is -0.623. The molecule has 66 heavy (non-hydrogen) atoms. The standard InChI is InChI=1S/C54H53FN6O5/c1-35-25-39-9-7-8-10-41(39)34-61(35)54(64)48-31-43-33-60(49(62)28-37-13-15-46(16-14-37)66-24-21-59-19-22-65-23-20-59)18-17-40(43)30-47(48)52-51(42-26-38(32-56)27-44(55)29-42)50(36(2)58(52)3)53(63)57-45-11-5-4-6-12-45/h4-16,26-27,29-31,35H,17-25,28,33-34H2,1-3H3,(H,57,63)/t35-/m1/s1. The summed E-state index contributed by atoms with van der Waals surface area (Å²) in [5, 5.41) is 13.0. The Hall–Kier alpha value is -7.07. The van der Waals surface area contributed by atoms with Gasteiger partial charge in [-0.15, -0.1) is 0 Å². The van der Waals surface area contributed by atoms with Gasteiger partial charge in [0, 0.05) is 80.4 Å². The molecule has 3 aliphatic heterocycles. The van der Waals surface area contributed by atoms with Gasteiger partial charge in [0.15, 0.2) is 0 Å². The maximum atomic E-state index is 15.5. The summed E-state index contributed by atoms with van der Waals surface area (Å²) in [6, 6.07) is 34.9. The number of aromatic nitrogens is 1. The molecule has 0 saturated carbocycles. The number of nitrogens with one attached hydrogen (secondary N) is 1.